The predicted molar refractivity (Wildman–Crippen MR) is 145 cm³/mol. The summed E-state index contributed by atoms with van der Waals surface area (Å²) in [7, 11) is -3.84. The molecule has 0 saturated carbocycles. The van der Waals surface area contributed by atoms with Gasteiger partial charge < -0.3 is 24.0 Å². The maximum Gasteiger partial charge on any atom is 0.260 e. The number of nitrogens with zero attached hydrogens (tertiary/aromatic N) is 2. The van der Waals surface area contributed by atoms with Gasteiger partial charge >= 0.3 is 0 Å². The molecule has 1 spiro atoms. The summed E-state index contributed by atoms with van der Waals surface area (Å²) in [5, 5.41) is 5.19. The van der Waals surface area contributed by atoms with Gasteiger partial charge in [-0.05, 0) is 74.9 Å². The minimum absolute atomic E-state index is 0.0239. The molecule has 39 heavy (non-hydrogen) atoms. The Kier molecular flexibility index (Phi) is 9.14. The van der Waals surface area contributed by atoms with Crippen LogP contribution in [0.2, 0.25) is 0 Å². The molecule has 1 atom stereocenters. The van der Waals surface area contributed by atoms with E-state index in [1.165, 1.54) is 18.2 Å². The van der Waals surface area contributed by atoms with E-state index in [1.807, 2.05) is 25.1 Å². The maximum absolute atomic E-state index is 13.8. The summed E-state index contributed by atoms with van der Waals surface area (Å²) in [5.74, 6) is 0.844. The van der Waals surface area contributed by atoms with Crippen LogP contribution in [-0.2, 0) is 30.8 Å². The third-order valence-electron chi connectivity index (χ3n) is 7.29. The fraction of sp³-hybridized carbons (Fsp3) is 0.500. The summed E-state index contributed by atoms with van der Waals surface area (Å²) in [6, 6.07) is 12.2. The summed E-state index contributed by atoms with van der Waals surface area (Å²) < 4.78 is 41.1. The summed E-state index contributed by atoms with van der Waals surface area (Å²) in [6.45, 7) is 5.39. The largest absolute Gasteiger partial charge is 0.491 e. The lowest BCUT2D eigenvalue weighted by Crippen LogP contribution is -2.62. The second-order valence-corrected chi connectivity index (χ2v) is 11.5. The van der Waals surface area contributed by atoms with Gasteiger partial charge in [-0.2, -0.15) is 0 Å². The highest BCUT2D eigenvalue weighted by Crippen LogP contribution is 2.30. The number of hydrogen-bond acceptors (Lipinski definition) is 7. The van der Waals surface area contributed by atoms with Gasteiger partial charge in [-0.1, -0.05) is 18.2 Å². The molecule has 11 heteroatoms. The number of rotatable bonds is 5. The zero-order chi connectivity index (χ0) is 28.0. The summed E-state index contributed by atoms with van der Waals surface area (Å²) >= 11 is 0. The Morgan fingerprint density at radius 3 is 2.67 bits per heavy atom. The predicted octanol–water partition coefficient (Wildman–Crippen LogP) is 2.27. The Morgan fingerprint density at radius 2 is 1.92 bits per heavy atom. The van der Waals surface area contributed by atoms with E-state index < -0.39 is 15.6 Å². The SMILES string of the molecule is CCN1CCOc2ccccc2CCCCC2(CN(C(=O)COc3ccc(S(N)(=O)=O)cc3C)CCO2)C1=O. The van der Waals surface area contributed by atoms with Gasteiger partial charge in [0.15, 0.2) is 12.2 Å². The van der Waals surface area contributed by atoms with Crippen molar-refractivity contribution < 1.29 is 32.2 Å². The van der Waals surface area contributed by atoms with Crippen LogP contribution in [0.3, 0.4) is 0 Å². The Bertz CT molecular complexity index is 1300. The zero-order valence-electron chi connectivity index (χ0n) is 22.6. The monoisotopic (exact) mass is 559 g/mol. The molecule has 0 aromatic heterocycles. The number of sulfonamides is 1. The van der Waals surface area contributed by atoms with Gasteiger partial charge in [0.1, 0.15) is 18.1 Å². The van der Waals surface area contributed by atoms with Crippen LogP contribution in [0, 0.1) is 6.92 Å². The minimum Gasteiger partial charge on any atom is -0.491 e. The highest BCUT2D eigenvalue weighted by molar-refractivity contribution is 7.89. The van der Waals surface area contributed by atoms with Crippen LogP contribution in [0.5, 0.6) is 11.5 Å². The van der Waals surface area contributed by atoms with E-state index in [0.717, 1.165) is 30.6 Å². The number of para-hydroxylation sites is 1. The van der Waals surface area contributed by atoms with Crippen molar-refractivity contribution in [3.8, 4) is 11.5 Å². The molecule has 0 radical (unpaired) electrons. The molecule has 2 aromatic carbocycles. The quantitative estimate of drug-likeness (QED) is 0.595. The molecule has 10 nitrogen and oxygen atoms in total. The van der Waals surface area contributed by atoms with E-state index in [9.17, 15) is 18.0 Å². The first-order valence-electron chi connectivity index (χ1n) is 13.3. The Hall–Kier alpha value is -3.15. The van der Waals surface area contributed by atoms with Crippen LogP contribution in [0.1, 0.15) is 37.3 Å². The van der Waals surface area contributed by atoms with E-state index in [2.05, 4.69) is 6.07 Å². The van der Waals surface area contributed by atoms with Crippen molar-refractivity contribution >= 4 is 21.8 Å². The van der Waals surface area contributed by atoms with E-state index in [0.29, 0.717) is 44.0 Å². The normalized spacial score (nSPS) is 20.9. The van der Waals surface area contributed by atoms with Gasteiger partial charge in [0.05, 0.1) is 24.6 Å². The second-order valence-electron chi connectivity index (χ2n) is 9.97. The fourth-order valence-corrected chi connectivity index (χ4v) is 5.71. The lowest BCUT2D eigenvalue weighted by molar-refractivity contribution is -0.177. The molecule has 2 heterocycles. The highest BCUT2D eigenvalue weighted by atomic mass is 32.2. The Labute approximate surface area is 230 Å². The van der Waals surface area contributed by atoms with Crippen molar-refractivity contribution in [1.82, 2.24) is 9.80 Å². The van der Waals surface area contributed by atoms with Crippen LogP contribution in [-0.4, -0.2) is 81.6 Å². The van der Waals surface area contributed by atoms with Gasteiger partial charge in [-0.15, -0.1) is 0 Å². The standard InChI is InChI=1S/C28H37N3O7S/c1-3-30-14-16-36-25-10-5-4-8-22(25)9-6-7-13-28(27(30)33)20-31(15-17-38-28)26(32)19-37-24-12-11-23(18-21(24)2)39(29,34)35/h4-5,8,10-12,18H,3,6-7,9,13-17,19-20H2,1-2H3,(H2,29,34,35). The number of aryl methyl sites for hydroxylation is 2. The molecule has 0 bridgehead atoms. The van der Waals surface area contributed by atoms with Crippen molar-refractivity contribution in [2.45, 2.75) is 50.0 Å². The molecule has 1 fully saturated rings. The molecule has 2 amide bonds. The molecule has 4 rings (SSSR count). The van der Waals surface area contributed by atoms with Crippen molar-refractivity contribution in [1.29, 1.82) is 0 Å². The van der Waals surface area contributed by atoms with E-state index in [4.69, 9.17) is 19.3 Å². The molecule has 1 unspecified atom stereocenters. The van der Waals surface area contributed by atoms with E-state index in [-0.39, 0.29) is 36.5 Å². The summed E-state index contributed by atoms with van der Waals surface area (Å²) in [5.41, 5.74) is 0.562. The topological polar surface area (TPSA) is 128 Å². The fourth-order valence-electron chi connectivity index (χ4n) is 5.11. The van der Waals surface area contributed by atoms with Gasteiger partial charge in [-0.3, -0.25) is 9.59 Å². The lowest BCUT2D eigenvalue weighted by Gasteiger charge is -2.44. The van der Waals surface area contributed by atoms with Crippen LogP contribution >= 0.6 is 0 Å². The summed E-state index contributed by atoms with van der Waals surface area (Å²) in [4.78, 5) is 30.4. The number of likely N-dealkylation sites (N-methyl/N-ethyl adjacent to an activating group) is 1. The van der Waals surface area contributed by atoms with Gasteiger partial charge in [-0.25, -0.2) is 13.6 Å². The number of carbonyl (C=O) groups is 2. The van der Waals surface area contributed by atoms with Crippen molar-refractivity contribution in [3.63, 3.8) is 0 Å². The molecule has 1 saturated heterocycles. The number of benzene rings is 2. The zero-order valence-corrected chi connectivity index (χ0v) is 23.4. The van der Waals surface area contributed by atoms with Crippen LogP contribution in [0.15, 0.2) is 47.4 Å². The van der Waals surface area contributed by atoms with Gasteiger partial charge in [0, 0.05) is 13.1 Å². The number of primary sulfonamides is 1. The second kappa shape index (κ2) is 12.4. The molecule has 2 aliphatic rings. The van der Waals surface area contributed by atoms with E-state index in [1.54, 1.807) is 16.7 Å². The van der Waals surface area contributed by atoms with Crippen LogP contribution < -0.4 is 14.6 Å². The third kappa shape index (κ3) is 6.90. The van der Waals surface area contributed by atoms with Gasteiger partial charge in [0.2, 0.25) is 10.0 Å². The number of ether oxygens (including phenoxy) is 3. The smallest absolute Gasteiger partial charge is 0.260 e. The molecular weight excluding hydrogens is 522 g/mol. The van der Waals surface area contributed by atoms with Crippen molar-refractivity contribution in [2.24, 2.45) is 5.14 Å². The number of amides is 2. The average Bonchev–Trinajstić information content (AvgIpc) is 2.92. The molecule has 2 aromatic rings. The van der Waals surface area contributed by atoms with Crippen molar-refractivity contribution in [3.05, 3.63) is 53.6 Å². The van der Waals surface area contributed by atoms with Crippen LogP contribution in [0.25, 0.3) is 0 Å². The molecule has 212 valence electrons. The summed E-state index contributed by atoms with van der Waals surface area (Å²) in [6.07, 6.45) is 2.95. The number of morpholine rings is 1. The number of fused-ring (bicyclic) bond motifs is 1. The number of nitrogens with two attached hydrogens (primary N) is 1. The molecule has 2 N–H and O–H groups in total. The number of hydrogen-bond donors (Lipinski definition) is 1. The van der Waals surface area contributed by atoms with Gasteiger partial charge in [0.25, 0.3) is 11.8 Å². The highest BCUT2D eigenvalue weighted by Gasteiger charge is 2.46. The Balaban J connectivity index is 1.46. The van der Waals surface area contributed by atoms with Crippen molar-refractivity contribution in [2.75, 3.05) is 46.0 Å². The first-order chi connectivity index (χ1) is 18.6. The first-order valence-corrected chi connectivity index (χ1v) is 14.9. The van der Waals surface area contributed by atoms with Crippen LogP contribution in [0.4, 0.5) is 0 Å². The van der Waals surface area contributed by atoms with E-state index >= 15 is 0 Å². The third-order valence-corrected chi connectivity index (χ3v) is 8.20. The first kappa shape index (κ1) is 28.8. The lowest BCUT2D eigenvalue weighted by atomic mass is 9.91. The Morgan fingerprint density at radius 1 is 1.13 bits per heavy atom. The molecule has 2 aliphatic heterocycles. The maximum atomic E-state index is 13.8. The minimum atomic E-state index is -3.84. The molecular formula is C28H37N3O7S. The average molecular weight is 560 g/mol. The molecule has 0 aliphatic carbocycles. The number of carbonyl (C=O) groups excluding carboxylic acids is 2.